The van der Waals surface area contributed by atoms with Crippen molar-refractivity contribution in [2.45, 2.75) is 11.0 Å². The monoisotopic (exact) mass is 668 g/mol. The van der Waals surface area contributed by atoms with Crippen LogP contribution in [0.15, 0.2) is 29.2 Å². The molecule has 0 spiro atoms. The first kappa shape index (κ1) is 37.3. The van der Waals surface area contributed by atoms with Crippen molar-refractivity contribution in [1.82, 2.24) is 24.3 Å². The van der Waals surface area contributed by atoms with Gasteiger partial charge >= 0.3 is 26.2 Å². The standard InChI is InChI=1S/C24H38N5O13PS/c30-19(13-25-44(39,40)21-3-1-20(2-4-21)41-17-24(35)36)14-26-5-7-27(15-22(31)32)9-11-29(18-42-43(37)38)12-10-28(8-6-26)16-23(33)34/h1-4,19,25,30H,5-18H2,(H3-,31,32,33,34,35,36,37,38)/p+1. The zero-order valence-corrected chi connectivity index (χ0v) is 25.6. The molecule has 1 aliphatic heterocycles. The molecule has 20 heteroatoms. The fourth-order valence-corrected chi connectivity index (χ4v) is 5.57. The topological polar surface area (TPSA) is 247 Å². The Balaban J connectivity index is 2.06. The van der Waals surface area contributed by atoms with Crippen molar-refractivity contribution in [2.24, 2.45) is 0 Å². The number of nitrogens with one attached hydrogen (secondary N) is 1. The molecule has 248 valence electrons. The van der Waals surface area contributed by atoms with Gasteiger partial charge in [0.1, 0.15) is 5.75 Å². The third-order valence-corrected chi connectivity index (χ3v) is 8.25. The predicted molar refractivity (Wildman–Crippen MR) is 153 cm³/mol. The number of β-amino-alcohol motifs (C(OH)–C–C–N with tert-alkyl or cyclic N) is 1. The number of hydrogen-bond donors (Lipinski definition) is 6. The molecule has 0 bridgehead atoms. The van der Waals surface area contributed by atoms with Crippen LogP contribution in [0.4, 0.5) is 0 Å². The summed E-state index contributed by atoms with van der Waals surface area (Å²) in [7, 11) is -6.89. The van der Waals surface area contributed by atoms with Crippen LogP contribution in [-0.4, -0.2) is 169 Å². The molecule has 1 saturated heterocycles. The number of rotatable bonds is 16. The minimum Gasteiger partial charge on any atom is -0.482 e. The van der Waals surface area contributed by atoms with Gasteiger partial charge in [-0.05, 0) is 24.3 Å². The number of carboxylic acids is 3. The summed E-state index contributed by atoms with van der Waals surface area (Å²) in [5.74, 6) is -3.14. The Kier molecular flexibility index (Phi) is 16.0. The molecule has 0 aliphatic carbocycles. The Morgan fingerprint density at radius 3 is 1.75 bits per heavy atom. The highest BCUT2D eigenvalue weighted by Gasteiger charge is 2.23. The maximum absolute atomic E-state index is 12.7. The van der Waals surface area contributed by atoms with Crippen molar-refractivity contribution >= 4 is 36.2 Å². The van der Waals surface area contributed by atoms with Crippen molar-refractivity contribution < 1.29 is 61.9 Å². The molecule has 1 aliphatic rings. The van der Waals surface area contributed by atoms with Gasteiger partial charge in [-0.3, -0.25) is 29.2 Å². The minimum atomic E-state index is -4.03. The van der Waals surface area contributed by atoms with Gasteiger partial charge in [-0.2, -0.15) is 0 Å². The maximum atomic E-state index is 12.7. The first-order chi connectivity index (χ1) is 20.7. The average molecular weight is 669 g/mol. The van der Waals surface area contributed by atoms with Crippen molar-refractivity contribution in [1.29, 1.82) is 0 Å². The van der Waals surface area contributed by atoms with Crippen LogP contribution in [0.2, 0.25) is 0 Å². The van der Waals surface area contributed by atoms with Crippen LogP contribution in [0.5, 0.6) is 5.75 Å². The second-order valence-corrected chi connectivity index (χ2v) is 12.4. The van der Waals surface area contributed by atoms with Crippen LogP contribution in [-0.2, 0) is 33.5 Å². The molecule has 0 saturated carbocycles. The first-order valence-corrected chi connectivity index (χ1v) is 16.1. The molecule has 2 atom stereocenters. The van der Waals surface area contributed by atoms with Gasteiger partial charge in [-0.1, -0.05) is 0 Å². The molecule has 1 aromatic rings. The number of carboxylic acid groups (broad SMARTS) is 3. The number of nitrogens with zero attached hydrogens (tertiary/aromatic N) is 4. The second-order valence-electron chi connectivity index (χ2n) is 9.91. The van der Waals surface area contributed by atoms with Crippen molar-refractivity contribution in [3.8, 4) is 5.75 Å². The zero-order chi connectivity index (χ0) is 32.7. The highest BCUT2D eigenvalue weighted by atomic mass is 32.2. The molecule has 2 rings (SSSR count). The van der Waals surface area contributed by atoms with Gasteiger partial charge in [-0.25, -0.2) is 17.9 Å². The van der Waals surface area contributed by atoms with Gasteiger partial charge in [0, 0.05) is 70.0 Å². The molecular formula is C24H39N5O13PS+. The van der Waals surface area contributed by atoms with E-state index in [-0.39, 0.29) is 95.9 Å². The van der Waals surface area contributed by atoms with E-state index in [1.807, 2.05) is 0 Å². The lowest BCUT2D eigenvalue weighted by Gasteiger charge is -2.33. The largest absolute Gasteiger partial charge is 0.696 e. The SMILES string of the molecule is O=C(O)COc1ccc(S(=O)(=O)NCC(O)CN2CCN(CC(=O)O)CCN(CO[P+](=O)O)CCN(CC(=O)O)CC2)cc1. The molecular weight excluding hydrogens is 629 g/mol. The van der Waals surface area contributed by atoms with E-state index in [4.69, 9.17) is 19.3 Å². The molecule has 2 unspecified atom stereocenters. The highest BCUT2D eigenvalue weighted by molar-refractivity contribution is 7.89. The number of sulfonamides is 1. The molecule has 1 fully saturated rings. The number of ether oxygens (including phenoxy) is 1. The molecule has 0 aromatic heterocycles. The minimum absolute atomic E-state index is 0.00414. The van der Waals surface area contributed by atoms with Gasteiger partial charge in [0.05, 0.1) is 24.1 Å². The van der Waals surface area contributed by atoms with Gasteiger partial charge in [0.15, 0.2) is 13.3 Å². The van der Waals surface area contributed by atoms with Gasteiger partial charge in [-0.15, -0.1) is 9.42 Å². The van der Waals surface area contributed by atoms with Crippen molar-refractivity contribution in [3.05, 3.63) is 24.3 Å². The Bertz CT molecular complexity index is 1180. The van der Waals surface area contributed by atoms with Crippen LogP contribution >= 0.6 is 8.25 Å². The number of benzene rings is 1. The number of aliphatic hydroxyl groups excluding tert-OH is 1. The molecule has 0 amide bonds. The lowest BCUT2D eigenvalue weighted by atomic mass is 10.3. The quantitative estimate of drug-likeness (QED) is 0.102. The molecule has 44 heavy (non-hydrogen) atoms. The van der Waals surface area contributed by atoms with E-state index in [0.717, 1.165) is 0 Å². The van der Waals surface area contributed by atoms with Gasteiger partial charge in [0.25, 0.3) is 0 Å². The number of carbonyl (C=O) groups is 3. The van der Waals surface area contributed by atoms with Crippen LogP contribution in [0.25, 0.3) is 0 Å². The van der Waals surface area contributed by atoms with E-state index < -0.39 is 48.9 Å². The lowest BCUT2D eigenvalue weighted by molar-refractivity contribution is -0.140. The molecule has 1 heterocycles. The van der Waals surface area contributed by atoms with E-state index in [1.54, 1.807) is 19.6 Å². The second kappa shape index (κ2) is 18.8. The van der Waals surface area contributed by atoms with E-state index in [2.05, 4.69) is 4.72 Å². The summed E-state index contributed by atoms with van der Waals surface area (Å²) in [5, 5.41) is 38.1. The summed E-state index contributed by atoms with van der Waals surface area (Å²) < 4.78 is 48.6. The van der Waals surface area contributed by atoms with Crippen LogP contribution in [0, 0.1) is 0 Å². The van der Waals surface area contributed by atoms with Crippen molar-refractivity contribution in [3.63, 3.8) is 0 Å². The van der Waals surface area contributed by atoms with E-state index >= 15 is 0 Å². The van der Waals surface area contributed by atoms with Gasteiger partial charge < -0.3 is 25.2 Å². The fourth-order valence-electron chi connectivity index (χ4n) is 4.23. The first-order valence-electron chi connectivity index (χ1n) is 13.5. The Labute approximate surface area is 255 Å². The molecule has 0 radical (unpaired) electrons. The smallest absolute Gasteiger partial charge is 0.482 e. The van der Waals surface area contributed by atoms with Gasteiger partial charge in [0.2, 0.25) is 10.0 Å². The number of aliphatic carboxylic acids is 3. The van der Waals surface area contributed by atoms with Crippen LogP contribution in [0.1, 0.15) is 0 Å². The number of hydrogen-bond acceptors (Lipinski definition) is 13. The third kappa shape index (κ3) is 15.2. The number of aliphatic hydroxyl groups is 1. The zero-order valence-electron chi connectivity index (χ0n) is 23.9. The summed E-state index contributed by atoms with van der Waals surface area (Å²) in [4.78, 5) is 49.2. The summed E-state index contributed by atoms with van der Waals surface area (Å²) in [6.45, 7) is 0.389. The van der Waals surface area contributed by atoms with Crippen LogP contribution < -0.4 is 9.46 Å². The summed E-state index contributed by atoms with van der Waals surface area (Å²) in [5.41, 5.74) is 0. The normalized spacial score (nSPS) is 18.1. The summed E-state index contributed by atoms with van der Waals surface area (Å²) in [6.07, 6.45) is -1.18. The lowest BCUT2D eigenvalue weighted by Crippen LogP contribution is -2.49. The van der Waals surface area contributed by atoms with E-state index in [9.17, 15) is 42.7 Å². The fraction of sp³-hybridized carbons (Fsp3) is 0.625. The Hall–Kier alpha value is -2.84. The average Bonchev–Trinajstić information content (AvgIpc) is 2.94. The molecule has 18 nitrogen and oxygen atoms in total. The third-order valence-electron chi connectivity index (χ3n) is 6.47. The molecule has 1 aromatic carbocycles. The summed E-state index contributed by atoms with van der Waals surface area (Å²) >= 11 is 0. The van der Waals surface area contributed by atoms with E-state index in [1.165, 1.54) is 24.3 Å². The summed E-state index contributed by atoms with van der Waals surface area (Å²) in [6, 6.07) is 5.06. The van der Waals surface area contributed by atoms with Crippen LogP contribution in [0.3, 0.4) is 0 Å². The Morgan fingerprint density at radius 2 is 1.30 bits per heavy atom. The Morgan fingerprint density at radius 1 is 0.818 bits per heavy atom. The maximum Gasteiger partial charge on any atom is 0.696 e. The predicted octanol–water partition coefficient (Wildman–Crippen LogP) is -2.20. The highest BCUT2D eigenvalue weighted by Crippen LogP contribution is 2.16. The van der Waals surface area contributed by atoms with Crippen molar-refractivity contribution in [2.75, 3.05) is 91.9 Å². The van der Waals surface area contributed by atoms with E-state index in [0.29, 0.717) is 0 Å². The molecule has 6 N–H and O–H groups in total.